The van der Waals surface area contributed by atoms with Crippen molar-refractivity contribution in [2.24, 2.45) is 0 Å². The van der Waals surface area contributed by atoms with E-state index in [-0.39, 0.29) is 12.2 Å². The maximum atomic E-state index is 5.80. The molecular formula is C15H22N4O. The van der Waals surface area contributed by atoms with Crippen molar-refractivity contribution < 1.29 is 4.74 Å². The molecule has 108 valence electrons. The van der Waals surface area contributed by atoms with Crippen LogP contribution in [0.5, 0.6) is 0 Å². The van der Waals surface area contributed by atoms with Gasteiger partial charge in [-0.25, -0.2) is 4.98 Å². The molecule has 5 nitrogen and oxygen atoms in total. The molecule has 20 heavy (non-hydrogen) atoms. The summed E-state index contributed by atoms with van der Waals surface area (Å²) in [5.74, 6) is 2.13. The summed E-state index contributed by atoms with van der Waals surface area (Å²) >= 11 is 0. The molecule has 3 aliphatic heterocycles. The molecule has 0 aromatic carbocycles. The van der Waals surface area contributed by atoms with Crippen LogP contribution in [0.1, 0.15) is 20.3 Å². The third kappa shape index (κ3) is 2.00. The average molecular weight is 274 g/mol. The van der Waals surface area contributed by atoms with Gasteiger partial charge in [-0.3, -0.25) is 0 Å². The number of pyridine rings is 1. The van der Waals surface area contributed by atoms with Crippen molar-refractivity contribution in [1.82, 2.24) is 4.98 Å². The lowest BCUT2D eigenvalue weighted by Crippen LogP contribution is -2.46. The van der Waals surface area contributed by atoms with Gasteiger partial charge in [0.15, 0.2) is 5.82 Å². The van der Waals surface area contributed by atoms with Crippen molar-refractivity contribution in [2.45, 2.75) is 38.5 Å². The fraction of sp³-hybridized carbons (Fsp3) is 0.667. The van der Waals surface area contributed by atoms with E-state index < -0.39 is 0 Å². The quantitative estimate of drug-likeness (QED) is 0.844. The van der Waals surface area contributed by atoms with Crippen molar-refractivity contribution in [1.29, 1.82) is 0 Å². The molecule has 4 heterocycles. The lowest BCUT2D eigenvalue weighted by molar-refractivity contribution is -0.00545. The zero-order chi connectivity index (χ0) is 13.7. The van der Waals surface area contributed by atoms with Crippen molar-refractivity contribution in [3.8, 4) is 0 Å². The lowest BCUT2D eigenvalue weighted by Gasteiger charge is -2.37. The molecule has 3 aliphatic rings. The molecule has 0 aliphatic carbocycles. The number of aromatic nitrogens is 1. The number of nitrogens with zero attached hydrogens (tertiary/aromatic N) is 3. The van der Waals surface area contributed by atoms with E-state index in [0.29, 0.717) is 6.04 Å². The van der Waals surface area contributed by atoms with E-state index in [1.165, 1.54) is 12.1 Å². The summed E-state index contributed by atoms with van der Waals surface area (Å²) in [5, 5.41) is 3.58. The molecule has 3 atom stereocenters. The van der Waals surface area contributed by atoms with Gasteiger partial charge in [-0.2, -0.15) is 0 Å². The first kappa shape index (κ1) is 12.3. The van der Waals surface area contributed by atoms with Crippen molar-refractivity contribution >= 4 is 17.3 Å². The van der Waals surface area contributed by atoms with E-state index in [1.54, 1.807) is 0 Å². The first-order valence-corrected chi connectivity index (χ1v) is 7.62. The monoisotopic (exact) mass is 274 g/mol. The molecule has 0 saturated carbocycles. The topological polar surface area (TPSA) is 40.6 Å². The van der Waals surface area contributed by atoms with Crippen LogP contribution in [0.15, 0.2) is 12.1 Å². The predicted octanol–water partition coefficient (Wildman–Crippen LogP) is 1.70. The smallest absolute Gasteiger partial charge is 0.152 e. The number of rotatable bonds is 1. The van der Waals surface area contributed by atoms with Gasteiger partial charge in [0.05, 0.1) is 17.9 Å². The van der Waals surface area contributed by atoms with Crippen LogP contribution < -0.4 is 15.1 Å². The number of fused-ring (bicyclic) bond motifs is 4. The van der Waals surface area contributed by atoms with Crippen LogP contribution in [-0.2, 0) is 4.74 Å². The van der Waals surface area contributed by atoms with Crippen LogP contribution >= 0.6 is 0 Å². The zero-order valence-corrected chi connectivity index (χ0v) is 12.2. The highest BCUT2D eigenvalue weighted by atomic mass is 16.5. The van der Waals surface area contributed by atoms with Crippen LogP contribution in [0.3, 0.4) is 0 Å². The Labute approximate surface area is 119 Å². The van der Waals surface area contributed by atoms with Gasteiger partial charge in [0.25, 0.3) is 0 Å². The molecule has 4 rings (SSSR count). The summed E-state index contributed by atoms with van der Waals surface area (Å²) in [6.45, 7) is 8.38. The average Bonchev–Trinajstić information content (AvgIpc) is 2.80. The molecule has 1 N–H and O–H groups in total. The SMILES string of the molecule is C[C@H]1CN(c2ccc3c(n2)N[C@H]2CCN3C2)C[C@H](C)O1. The molecule has 2 saturated heterocycles. The molecule has 0 amide bonds. The summed E-state index contributed by atoms with van der Waals surface area (Å²) in [4.78, 5) is 9.65. The van der Waals surface area contributed by atoms with Crippen LogP contribution in [0, 0.1) is 0 Å². The third-order valence-electron chi connectivity index (χ3n) is 4.47. The zero-order valence-electron chi connectivity index (χ0n) is 12.2. The molecule has 5 heteroatoms. The Hall–Kier alpha value is -1.49. The van der Waals surface area contributed by atoms with Crippen molar-refractivity contribution in [3.63, 3.8) is 0 Å². The Morgan fingerprint density at radius 1 is 1.15 bits per heavy atom. The van der Waals surface area contributed by atoms with Gasteiger partial charge in [-0.1, -0.05) is 0 Å². The van der Waals surface area contributed by atoms with Gasteiger partial charge in [0.1, 0.15) is 5.82 Å². The van der Waals surface area contributed by atoms with Gasteiger partial charge in [-0.05, 0) is 32.4 Å². The highest BCUT2D eigenvalue weighted by molar-refractivity contribution is 5.72. The van der Waals surface area contributed by atoms with Crippen LogP contribution in [0.25, 0.3) is 0 Å². The van der Waals surface area contributed by atoms with E-state index in [9.17, 15) is 0 Å². The second kappa shape index (κ2) is 4.52. The molecule has 1 aromatic heterocycles. The second-order valence-electron chi connectivity index (χ2n) is 6.28. The first-order valence-electron chi connectivity index (χ1n) is 7.62. The highest BCUT2D eigenvalue weighted by Gasteiger charge is 2.31. The van der Waals surface area contributed by atoms with Gasteiger partial charge in [-0.15, -0.1) is 0 Å². The van der Waals surface area contributed by atoms with E-state index >= 15 is 0 Å². The first-order chi connectivity index (χ1) is 9.69. The summed E-state index contributed by atoms with van der Waals surface area (Å²) in [7, 11) is 0. The Bertz CT molecular complexity index is 511. The minimum absolute atomic E-state index is 0.268. The van der Waals surface area contributed by atoms with Gasteiger partial charge < -0.3 is 19.9 Å². The second-order valence-corrected chi connectivity index (χ2v) is 6.28. The molecule has 2 fully saturated rings. The van der Waals surface area contributed by atoms with E-state index in [1.807, 2.05) is 0 Å². The lowest BCUT2D eigenvalue weighted by atomic mass is 10.2. The van der Waals surface area contributed by atoms with Crippen LogP contribution in [0.4, 0.5) is 17.3 Å². The Morgan fingerprint density at radius 3 is 2.75 bits per heavy atom. The van der Waals surface area contributed by atoms with Crippen molar-refractivity contribution in [2.75, 3.05) is 41.3 Å². The number of ether oxygens (including phenoxy) is 1. The summed E-state index contributed by atoms with van der Waals surface area (Å²) in [6, 6.07) is 4.95. The standard InChI is InChI=1S/C15H22N4O/c1-10-7-19(8-11(2)20-10)14-4-3-13-15(17-14)16-12-5-6-18(13)9-12/h3-4,10-12H,5-9H2,1-2H3,(H,16,17)/t10-,11-,12-/m0/s1. The van der Waals surface area contributed by atoms with E-state index in [2.05, 4.69) is 41.1 Å². The van der Waals surface area contributed by atoms with Gasteiger partial charge in [0.2, 0.25) is 0 Å². The number of anilines is 3. The normalized spacial score (nSPS) is 32.0. The van der Waals surface area contributed by atoms with Crippen LogP contribution in [0.2, 0.25) is 0 Å². The largest absolute Gasteiger partial charge is 0.372 e. The number of morpholine rings is 1. The highest BCUT2D eigenvalue weighted by Crippen LogP contribution is 2.35. The summed E-state index contributed by atoms with van der Waals surface area (Å²) in [6.07, 6.45) is 1.76. The van der Waals surface area contributed by atoms with Gasteiger partial charge in [0, 0.05) is 32.2 Å². The third-order valence-corrected chi connectivity index (χ3v) is 4.47. The van der Waals surface area contributed by atoms with E-state index in [4.69, 9.17) is 9.72 Å². The summed E-state index contributed by atoms with van der Waals surface area (Å²) < 4.78 is 5.80. The Kier molecular flexibility index (Phi) is 2.77. The maximum Gasteiger partial charge on any atom is 0.152 e. The molecule has 0 spiro atoms. The molecule has 1 aromatic rings. The van der Waals surface area contributed by atoms with Gasteiger partial charge >= 0.3 is 0 Å². The Balaban J connectivity index is 1.62. The minimum atomic E-state index is 0.268. The molecule has 0 unspecified atom stereocenters. The minimum Gasteiger partial charge on any atom is -0.372 e. The van der Waals surface area contributed by atoms with Crippen LogP contribution in [-0.4, -0.2) is 49.4 Å². The predicted molar refractivity (Wildman–Crippen MR) is 80.7 cm³/mol. The van der Waals surface area contributed by atoms with E-state index in [0.717, 1.165) is 37.8 Å². The fourth-order valence-electron chi connectivity index (χ4n) is 3.63. The molecular weight excluding hydrogens is 252 g/mol. The number of hydrogen-bond acceptors (Lipinski definition) is 5. The maximum absolute atomic E-state index is 5.80. The molecule has 2 bridgehead atoms. The summed E-state index contributed by atoms with van der Waals surface area (Å²) in [5.41, 5.74) is 1.26. The molecule has 0 radical (unpaired) electrons. The number of nitrogens with one attached hydrogen (secondary N) is 1. The fourth-order valence-corrected chi connectivity index (χ4v) is 3.63. The Morgan fingerprint density at radius 2 is 1.95 bits per heavy atom. The number of hydrogen-bond donors (Lipinski definition) is 1. The van der Waals surface area contributed by atoms with Crippen molar-refractivity contribution in [3.05, 3.63) is 12.1 Å².